The number of nitrogens with one attached hydrogen (secondary N) is 2. The van der Waals surface area contributed by atoms with Crippen molar-refractivity contribution in [1.82, 2.24) is 14.3 Å². The summed E-state index contributed by atoms with van der Waals surface area (Å²) in [6, 6.07) is 4.54. The zero-order chi connectivity index (χ0) is 22.0. The van der Waals surface area contributed by atoms with Crippen molar-refractivity contribution in [3.05, 3.63) is 44.5 Å². The van der Waals surface area contributed by atoms with Gasteiger partial charge in [-0.1, -0.05) is 19.9 Å². The van der Waals surface area contributed by atoms with E-state index in [4.69, 9.17) is 0 Å². The van der Waals surface area contributed by atoms with Crippen LogP contribution in [-0.4, -0.2) is 45.4 Å². The molecule has 0 aliphatic rings. The van der Waals surface area contributed by atoms with Crippen LogP contribution in [0.3, 0.4) is 0 Å². The molecule has 1 amide bonds. The topological polar surface area (TPSA) is 109 Å². The van der Waals surface area contributed by atoms with Gasteiger partial charge in [-0.2, -0.15) is 0 Å². The second-order valence-corrected chi connectivity index (χ2v) is 7.61. The number of carbonyl (C=O) groups is 1. The lowest BCUT2D eigenvalue weighted by atomic mass is 10.1. The first kappa shape index (κ1) is 22.1. The fraction of sp³-hybridized carbons (Fsp3) is 0.450. The third-order valence-electron chi connectivity index (χ3n) is 5.02. The zero-order valence-corrected chi connectivity index (χ0v) is 17.9. The molecule has 0 bridgehead atoms. The number of rotatable bonds is 6. The molecule has 0 aliphatic carbocycles. The quantitative estimate of drug-likeness (QED) is 0.634. The molecule has 0 radical (unpaired) electrons. The van der Waals surface area contributed by atoms with Crippen molar-refractivity contribution in [2.24, 2.45) is 20.0 Å². The number of benzene rings is 1. The molecule has 0 unspecified atom stereocenters. The van der Waals surface area contributed by atoms with Gasteiger partial charge in [0.1, 0.15) is 11.4 Å². The molecule has 0 spiro atoms. The fourth-order valence-corrected chi connectivity index (χ4v) is 2.65. The number of phenolic OH excluding ortho intramolecular Hbond substituents is 1. The highest BCUT2D eigenvalue weighted by Crippen LogP contribution is 2.31. The summed E-state index contributed by atoms with van der Waals surface area (Å²) >= 11 is 0. The van der Waals surface area contributed by atoms with Gasteiger partial charge in [-0.15, -0.1) is 0 Å². The highest BCUT2D eigenvalue weighted by atomic mass is 16.3. The molecule has 1 aromatic heterocycles. The van der Waals surface area contributed by atoms with E-state index in [-0.39, 0.29) is 51.8 Å². The molecule has 2 rings (SSSR count). The molecule has 1 aromatic carbocycles. The highest BCUT2D eigenvalue weighted by molar-refractivity contribution is 5.98. The van der Waals surface area contributed by atoms with Crippen molar-refractivity contribution in [3.63, 3.8) is 0 Å². The van der Waals surface area contributed by atoms with Crippen molar-refractivity contribution in [1.29, 1.82) is 0 Å². The Morgan fingerprint density at radius 1 is 1.03 bits per heavy atom. The monoisotopic (exact) mass is 403 g/mol. The van der Waals surface area contributed by atoms with Gasteiger partial charge < -0.3 is 20.6 Å². The second kappa shape index (κ2) is 8.42. The van der Waals surface area contributed by atoms with Crippen molar-refractivity contribution in [2.45, 2.75) is 26.8 Å². The zero-order valence-electron chi connectivity index (χ0n) is 17.9. The van der Waals surface area contributed by atoms with E-state index in [1.807, 2.05) is 20.8 Å². The van der Waals surface area contributed by atoms with Crippen LogP contribution in [0.25, 0.3) is 0 Å². The maximum absolute atomic E-state index is 12.9. The lowest BCUT2D eigenvalue weighted by molar-refractivity contribution is 0.0824. The first-order valence-corrected chi connectivity index (χ1v) is 9.34. The third-order valence-corrected chi connectivity index (χ3v) is 5.02. The molecular weight excluding hydrogens is 374 g/mol. The van der Waals surface area contributed by atoms with E-state index < -0.39 is 5.56 Å². The second-order valence-electron chi connectivity index (χ2n) is 7.61. The molecule has 9 heteroatoms. The number of anilines is 3. The van der Waals surface area contributed by atoms with E-state index in [0.717, 1.165) is 0 Å². The van der Waals surface area contributed by atoms with E-state index in [1.165, 1.54) is 40.5 Å². The van der Waals surface area contributed by atoms with Gasteiger partial charge in [0, 0.05) is 34.2 Å². The van der Waals surface area contributed by atoms with Gasteiger partial charge in [-0.25, -0.2) is 9.36 Å². The molecule has 0 saturated heterocycles. The Hall–Kier alpha value is -3.23. The van der Waals surface area contributed by atoms with Crippen molar-refractivity contribution in [3.8, 4) is 5.75 Å². The van der Waals surface area contributed by atoms with Crippen LogP contribution in [0.1, 0.15) is 31.1 Å². The minimum atomic E-state index is -0.450. The lowest BCUT2D eigenvalue weighted by Gasteiger charge is -2.22. The summed E-state index contributed by atoms with van der Waals surface area (Å²) in [5.74, 6) is -0.461. The van der Waals surface area contributed by atoms with Gasteiger partial charge in [0.05, 0.1) is 11.3 Å². The number of aromatic nitrogens is 2. The Bertz CT molecular complexity index is 1040. The van der Waals surface area contributed by atoms with E-state index in [2.05, 4.69) is 10.6 Å². The summed E-state index contributed by atoms with van der Waals surface area (Å²) in [5, 5.41) is 16.6. The van der Waals surface area contributed by atoms with Crippen LogP contribution in [0.4, 0.5) is 17.1 Å². The first-order chi connectivity index (χ1) is 13.5. The maximum Gasteiger partial charge on any atom is 0.290 e. The maximum atomic E-state index is 12.9. The minimum Gasteiger partial charge on any atom is -0.505 e. The fourth-order valence-electron chi connectivity index (χ4n) is 2.65. The predicted molar refractivity (Wildman–Crippen MR) is 114 cm³/mol. The van der Waals surface area contributed by atoms with Crippen LogP contribution in [-0.2, 0) is 14.1 Å². The molecule has 1 atom stereocenters. The molecule has 29 heavy (non-hydrogen) atoms. The van der Waals surface area contributed by atoms with E-state index in [1.54, 1.807) is 20.2 Å². The summed E-state index contributed by atoms with van der Waals surface area (Å²) < 4.78 is 2.40. The van der Waals surface area contributed by atoms with Crippen LogP contribution in [0.5, 0.6) is 5.75 Å². The molecule has 0 fully saturated rings. The average Bonchev–Trinajstić information content (AvgIpc) is 2.67. The molecule has 2 aromatic rings. The van der Waals surface area contributed by atoms with E-state index >= 15 is 0 Å². The predicted octanol–water partition coefficient (Wildman–Crippen LogP) is 1.69. The number of aromatic hydroxyl groups is 1. The van der Waals surface area contributed by atoms with Gasteiger partial charge in [0.25, 0.3) is 17.0 Å². The number of hydrogen-bond donors (Lipinski definition) is 3. The van der Waals surface area contributed by atoms with Crippen molar-refractivity contribution >= 4 is 23.0 Å². The Morgan fingerprint density at radius 2 is 1.59 bits per heavy atom. The summed E-state index contributed by atoms with van der Waals surface area (Å²) in [6.07, 6.45) is 0. The molecule has 1 heterocycles. The highest BCUT2D eigenvalue weighted by Gasteiger charge is 2.22. The molecular formula is C20H29N5O4. The number of phenols is 1. The van der Waals surface area contributed by atoms with Crippen LogP contribution in [0.15, 0.2) is 27.8 Å². The Balaban J connectivity index is 2.64. The molecule has 0 saturated carbocycles. The molecule has 158 valence electrons. The van der Waals surface area contributed by atoms with E-state index in [9.17, 15) is 19.5 Å². The van der Waals surface area contributed by atoms with Crippen LogP contribution < -0.4 is 21.8 Å². The molecule has 0 aliphatic heterocycles. The smallest absolute Gasteiger partial charge is 0.290 e. The van der Waals surface area contributed by atoms with Crippen molar-refractivity contribution in [2.75, 3.05) is 24.7 Å². The normalized spacial score (nSPS) is 12.0. The minimum absolute atomic E-state index is 0.00727. The average molecular weight is 403 g/mol. The number of nitrogens with zero attached hydrogens (tertiary/aromatic N) is 3. The Labute approximate surface area is 169 Å². The number of amides is 1. The summed E-state index contributed by atoms with van der Waals surface area (Å²) in [6.45, 7) is 5.91. The molecule has 9 nitrogen and oxygen atoms in total. The number of hydrogen-bond acceptors (Lipinski definition) is 6. The van der Waals surface area contributed by atoms with Crippen LogP contribution in [0.2, 0.25) is 0 Å². The van der Waals surface area contributed by atoms with Gasteiger partial charge in [0.2, 0.25) is 0 Å². The van der Waals surface area contributed by atoms with Gasteiger partial charge in [-0.3, -0.25) is 14.4 Å². The lowest BCUT2D eigenvalue weighted by Crippen LogP contribution is -2.39. The SMILES string of the molecule is CC(C)[C@H](C)Nc1c(Nc2cccc(C(=O)N(C)C)c2O)c(=O)n(C)n(C)c1=O. The Kier molecular flexibility index (Phi) is 6.41. The standard InChI is InChI=1S/C20H29N5O4/c1-11(2)12(3)21-15-16(20(29)25(7)24(6)19(15)28)22-14-10-8-9-13(17(14)26)18(27)23(4)5/h8-12,21-22,26H,1-7H3/t12-/m0/s1. The van der Waals surface area contributed by atoms with Gasteiger partial charge >= 0.3 is 0 Å². The van der Waals surface area contributed by atoms with Crippen LogP contribution in [0, 0.1) is 5.92 Å². The summed E-state index contributed by atoms with van der Waals surface area (Å²) in [5.41, 5.74) is -0.473. The van der Waals surface area contributed by atoms with E-state index in [0.29, 0.717) is 0 Å². The van der Waals surface area contributed by atoms with Gasteiger partial charge in [0.15, 0.2) is 5.75 Å². The van der Waals surface area contributed by atoms with Crippen molar-refractivity contribution < 1.29 is 9.90 Å². The summed E-state index contributed by atoms with van der Waals surface area (Å²) in [7, 11) is 6.14. The Morgan fingerprint density at radius 3 is 2.10 bits per heavy atom. The number of para-hydroxylation sites is 1. The first-order valence-electron chi connectivity index (χ1n) is 9.34. The largest absolute Gasteiger partial charge is 0.505 e. The van der Waals surface area contributed by atoms with Gasteiger partial charge in [-0.05, 0) is 25.0 Å². The number of carbonyl (C=O) groups excluding carboxylic acids is 1. The molecule has 3 N–H and O–H groups in total. The van der Waals surface area contributed by atoms with Crippen LogP contribution >= 0.6 is 0 Å². The summed E-state index contributed by atoms with van der Waals surface area (Å²) in [4.78, 5) is 39.4. The third kappa shape index (κ3) is 4.28.